The Balaban J connectivity index is 0.000000104. The number of aromatic nitrogens is 6. The van der Waals surface area contributed by atoms with Crippen LogP contribution in [0.4, 0.5) is 34.1 Å². The standard InChI is InChI=1S/3C34H22BN3/c1-4-13-29-25(10-1)27-12-3-6-17-33(27)38-34-19-18-23(21-28(34)26-11-2-5-14-30(26)35(29)38)31-15-7-16-32(37-31)24-9-8-20-36-22-24;1-4-13-28-24(10-1)26-12-3-6-18-33(26)38-34-20-19-23(22-27(34)25-11-2-5-14-29(25)35(28)38)30-16-9-17-32(37-30)31-15-7-8-21-36-31;1-4-11-29-25(8-1)27-10-3-6-15-33(27)38-34-17-16-24(22-28(34)26-9-2-5-12-30(26)35(29)38)32-14-7-13-31(37-32)23-18-20-36-21-19-23/h3*1-22H. The second-order valence-electron chi connectivity index (χ2n) is 29.5. The molecule has 0 aliphatic carbocycles. The fraction of sp³-hybridized carbons (Fsp3) is 0. The van der Waals surface area contributed by atoms with Crippen LogP contribution in [-0.4, -0.2) is 50.4 Å². The number of benzene rings is 12. The Hall–Kier alpha value is -14.9. The van der Waals surface area contributed by atoms with Gasteiger partial charge in [-0.25, -0.2) is 15.0 Å². The first-order chi connectivity index (χ1) is 56.6. The van der Waals surface area contributed by atoms with Gasteiger partial charge in [-0.1, -0.05) is 243 Å². The van der Waals surface area contributed by atoms with Crippen molar-refractivity contribution in [3.8, 4) is 134 Å². The summed E-state index contributed by atoms with van der Waals surface area (Å²) in [5, 5.41) is 0. The normalized spacial score (nSPS) is 12.6. The van der Waals surface area contributed by atoms with Crippen molar-refractivity contribution in [1.82, 2.24) is 29.9 Å². The fourth-order valence-corrected chi connectivity index (χ4v) is 18.3. The lowest BCUT2D eigenvalue weighted by molar-refractivity contribution is 1.25. The van der Waals surface area contributed by atoms with Crippen molar-refractivity contribution >= 4 is 87.4 Å². The van der Waals surface area contributed by atoms with E-state index in [1.54, 1.807) is 6.20 Å². The van der Waals surface area contributed by atoms with Gasteiger partial charge in [0, 0.05) is 126 Å². The number of anilines is 6. The Bertz CT molecular complexity index is 6190. The molecule has 0 atom stereocenters. The van der Waals surface area contributed by atoms with Crippen molar-refractivity contribution in [3.63, 3.8) is 0 Å². The summed E-state index contributed by atoms with van der Waals surface area (Å²) in [5.74, 6) is 0. The van der Waals surface area contributed by atoms with Crippen LogP contribution in [0.25, 0.3) is 134 Å². The molecule has 6 aliphatic rings. The molecule has 12 heterocycles. The van der Waals surface area contributed by atoms with Crippen LogP contribution in [0.1, 0.15) is 0 Å². The van der Waals surface area contributed by atoms with E-state index in [9.17, 15) is 0 Å². The number of nitrogens with zero attached hydrogens (tertiary/aromatic N) is 9. The lowest BCUT2D eigenvalue weighted by Crippen LogP contribution is -2.59. The Kier molecular flexibility index (Phi) is 16.0. The SMILES string of the molecule is c1cc(-c2ccncc2)nc(-c2ccc3c(c2)-c2ccccc2B2c4ccccc4-c4ccccc4N23)c1.c1ccc(-c2cccc(-c3ccc4c(c3)-c3ccccc3B3c5ccccc5-c5ccccc5N34)n2)nc1.c1cncc(-c2cccc(-c3ccc4c(c3)-c3ccccc3B3c5ccccc5-c5ccccc5N34)n2)c1. The van der Waals surface area contributed by atoms with E-state index in [2.05, 4.69) is 345 Å². The number of pyridine rings is 6. The van der Waals surface area contributed by atoms with E-state index in [4.69, 9.17) is 15.0 Å². The van der Waals surface area contributed by atoms with Gasteiger partial charge in [-0.15, -0.1) is 0 Å². The molecule has 114 heavy (non-hydrogen) atoms. The van der Waals surface area contributed by atoms with E-state index in [1.807, 2.05) is 79.4 Å². The van der Waals surface area contributed by atoms with Crippen molar-refractivity contribution in [2.75, 3.05) is 14.4 Å². The number of hydrogen-bond donors (Lipinski definition) is 0. The number of hydrogen-bond acceptors (Lipinski definition) is 9. The quantitative estimate of drug-likeness (QED) is 0.151. The molecule has 0 spiro atoms. The molecule has 0 bridgehead atoms. The Morgan fingerprint density at radius 2 is 0.474 bits per heavy atom. The van der Waals surface area contributed by atoms with Gasteiger partial charge in [0.15, 0.2) is 0 Å². The minimum Gasteiger partial charge on any atom is -0.376 e. The summed E-state index contributed by atoms with van der Waals surface area (Å²) in [6, 6.07) is 132. The molecule has 12 heteroatoms. The molecule has 24 rings (SSSR count). The molecule has 0 saturated heterocycles. The van der Waals surface area contributed by atoms with Crippen LogP contribution in [0.15, 0.2) is 401 Å². The molecule has 0 fully saturated rings. The largest absolute Gasteiger partial charge is 0.376 e. The van der Waals surface area contributed by atoms with Crippen LogP contribution in [0.2, 0.25) is 0 Å². The van der Waals surface area contributed by atoms with Crippen LogP contribution >= 0.6 is 0 Å². The van der Waals surface area contributed by atoms with Crippen LogP contribution in [0.5, 0.6) is 0 Å². The average molecular weight is 1450 g/mol. The van der Waals surface area contributed by atoms with Gasteiger partial charge >= 0.3 is 20.5 Å². The van der Waals surface area contributed by atoms with Crippen molar-refractivity contribution in [3.05, 3.63) is 401 Å². The van der Waals surface area contributed by atoms with Gasteiger partial charge in [-0.05, 0) is 194 Å². The highest BCUT2D eigenvalue weighted by atomic mass is 15.1. The van der Waals surface area contributed by atoms with Crippen LogP contribution in [-0.2, 0) is 0 Å². The predicted octanol–water partition coefficient (Wildman–Crippen LogP) is 20.1. The van der Waals surface area contributed by atoms with Gasteiger partial charge in [-0.3, -0.25) is 15.0 Å². The fourth-order valence-electron chi connectivity index (χ4n) is 18.3. The molecule has 528 valence electrons. The lowest BCUT2D eigenvalue weighted by atomic mass is 9.43. The van der Waals surface area contributed by atoms with Crippen molar-refractivity contribution in [2.45, 2.75) is 0 Å². The minimum atomic E-state index is 0.126. The monoisotopic (exact) mass is 1450 g/mol. The highest BCUT2D eigenvalue weighted by molar-refractivity contribution is 6.94. The summed E-state index contributed by atoms with van der Waals surface area (Å²) >= 11 is 0. The zero-order valence-electron chi connectivity index (χ0n) is 61.9. The van der Waals surface area contributed by atoms with Gasteiger partial charge in [0.25, 0.3) is 0 Å². The maximum atomic E-state index is 5.02. The summed E-state index contributed by atoms with van der Waals surface area (Å²) in [6.07, 6.45) is 9.08. The van der Waals surface area contributed by atoms with Crippen molar-refractivity contribution in [2.24, 2.45) is 0 Å². The second-order valence-corrected chi connectivity index (χ2v) is 29.5. The molecule has 0 saturated carbocycles. The van der Waals surface area contributed by atoms with Gasteiger partial charge in [0.05, 0.1) is 39.9 Å². The average Bonchev–Trinajstić information content (AvgIpc) is 0.719. The van der Waals surface area contributed by atoms with Crippen LogP contribution < -0.4 is 47.2 Å². The highest BCUT2D eigenvalue weighted by Gasteiger charge is 2.45. The van der Waals surface area contributed by atoms with E-state index in [0.29, 0.717) is 0 Å². The molecule has 0 amide bonds. The second kappa shape index (κ2) is 27.6. The van der Waals surface area contributed by atoms with E-state index >= 15 is 0 Å². The summed E-state index contributed by atoms with van der Waals surface area (Å²) in [7, 11) is 0. The van der Waals surface area contributed by atoms with Gasteiger partial charge in [0.1, 0.15) is 0 Å². The zero-order chi connectivity index (χ0) is 75.2. The maximum Gasteiger partial charge on any atom is 0.329 e. The molecule has 9 nitrogen and oxygen atoms in total. The first-order valence-electron chi connectivity index (χ1n) is 38.9. The predicted molar refractivity (Wildman–Crippen MR) is 472 cm³/mol. The van der Waals surface area contributed by atoms with Gasteiger partial charge in [0.2, 0.25) is 0 Å². The highest BCUT2D eigenvalue weighted by Crippen LogP contribution is 2.51. The first-order valence-corrected chi connectivity index (χ1v) is 38.9. The molecule has 0 radical (unpaired) electrons. The Morgan fingerprint density at radius 1 is 0.175 bits per heavy atom. The molecule has 18 aromatic rings. The van der Waals surface area contributed by atoms with E-state index in [1.165, 1.54) is 134 Å². The Morgan fingerprint density at radius 3 is 0.833 bits per heavy atom. The van der Waals surface area contributed by atoms with Crippen molar-refractivity contribution < 1.29 is 0 Å². The smallest absolute Gasteiger partial charge is 0.329 e. The third-order valence-electron chi connectivity index (χ3n) is 23.3. The first kappa shape index (κ1) is 66.2. The number of para-hydroxylation sites is 3. The van der Waals surface area contributed by atoms with E-state index in [0.717, 1.165) is 67.7 Å². The molecule has 6 aromatic heterocycles. The van der Waals surface area contributed by atoms with E-state index < -0.39 is 0 Å². The van der Waals surface area contributed by atoms with E-state index in [-0.39, 0.29) is 20.5 Å². The molecule has 0 N–H and O–H groups in total. The maximum absolute atomic E-state index is 5.02. The summed E-state index contributed by atoms with van der Waals surface area (Å²) in [6.45, 7) is 0.382. The number of fused-ring (bicyclic) bond motifs is 33. The minimum absolute atomic E-state index is 0.126. The number of rotatable bonds is 6. The molecule has 12 aromatic carbocycles. The third kappa shape index (κ3) is 11.0. The third-order valence-corrected chi connectivity index (χ3v) is 23.3. The van der Waals surface area contributed by atoms with Crippen LogP contribution in [0, 0.1) is 0 Å². The summed E-state index contributed by atoms with van der Waals surface area (Å²) < 4.78 is 0. The molecular formula is C102H66B3N9. The van der Waals surface area contributed by atoms with Crippen LogP contribution in [0.3, 0.4) is 0 Å². The van der Waals surface area contributed by atoms with Crippen molar-refractivity contribution in [1.29, 1.82) is 0 Å². The molecular weight excluding hydrogens is 1380 g/mol. The van der Waals surface area contributed by atoms with Gasteiger partial charge < -0.3 is 14.4 Å². The summed E-state index contributed by atoms with van der Waals surface area (Å²) in [5.41, 5.74) is 42.7. The van der Waals surface area contributed by atoms with Gasteiger partial charge in [-0.2, -0.15) is 0 Å². The summed E-state index contributed by atoms with van der Waals surface area (Å²) in [4.78, 5) is 35.5. The zero-order valence-corrected chi connectivity index (χ0v) is 61.9. The molecule has 0 unspecified atom stereocenters. The Labute approximate surface area is 663 Å². The lowest BCUT2D eigenvalue weighted by Gasteiger charge is -2.43. The topological polar surface area (TPSA) is 87.1 Å². The molecule has 6 aliphatic heterocycles.